The number of carboxylic acid groups (broad SMARTS) is 1. The summed E-state index contributed by atoms with van der Waals surface area (Å²) in [6.45, 7) is 2.94. The Kier molecular flexibility index (Phi) is 3.49. The molecule has 1 aliphatic carbocycles. The predicted molar refractivity (Wildman–Crippen MR) is 60.9 cm³/mol. The van der Waals surface area contributed by atoms with Crippen LogP contribution in [0.1, 0.15) is 34.7 Å². The molecular weight excluding hydrogens is 222 g/mol. The van der Waals surface area contributed by atoms with E-state index in [2.05, 4.69) is 4.90 Å². The lowest BCUT2D eigenvalue weighted by Gasteiger charge is -2.18. The van der Waals surface area contributed by atoms with Gasteiger partial charge in [-0.25, -0.2) is 4.79 Å². The zero-order valence-corrected chi connectivity index (χ0v) is 9.85. The predicted octanol–water partition coefficient (Wildman–Crippen LogP) is 1.24. The summed E-state index contributed by atoms with van der Waals surface area (Å²) in [4.78, 5) is 13.0. The van der Waals surface area contributed by atoms with Gasteiger partial charge < -0.3 is 14.6 Å². The van der Waals surface area contributed by atoms with Gasteiger partial charge in [-0.15, -0.1) is 0 Å². The van der Waals surface area contributed by atoms with Crippen LogP contribution in [-0.4, -0.2) is 40.3 Å². The molecule has 5 heteroatoms. The van der Waals surface area contributed by atoms with Gasteiger partial charge in [0.1, 0.15) is 17.1 Å². The Labute approximate surface area is 99.6 Å². The van der Waals surface area contributed by atoms with E-state index in [1.807, 2.05) is 0 Å². The fourth-order valence-electron chi connectivity index (χ4n) is 1.99. The molecule has 0 saturated heterocycles. The molecule has 1 aromatic heterocycles. The van der Waals surface area contributed by atoms with E-state index in [1.54, 1.807) is 13.0 Å². The lowest BCUT2D eigenvalue weighted by Crippen LogP contribution is -2.28. The van der Waals surface area contributed by atoms with Gasteiger partial charge in [-0.1, -0.05) is 0 Å². The van der Waals surface area contributed by atoms with Crippen LogP contribution in [0.4, 0.5) is 0 Å². The standard InChI is InChI=1S/C12H17NO4/c1-8-11(12(15)16)6-10(17-8)7-13(4-5-14)9-2-3-9/h6,9,14H,2-5,7H2,1H3,(H,15,16). The molecule has 0 aromatic carbocycles. The lowest BCUT2D eigenvalue weighted by atomic mass is 10.2. The number of aryl methyl sites for hydroxylation is 1. The zero-order valence-electron chi connectivity index (χ0n) is 9.85. The maximum Gasteiger partial charge on any atom is 0.339 e. The summed E-state index contributed by atoms with van der Waals surface area (Å²) in [6, 6.07) is 2.09. The number of aromatic carboxylic acids is 1. The van der Waals surface area contributed by atoms with Crippen molar-refractivity contribution < 1.29 is 19.4 Å². The van der Waals surface area contributed by atoms with E-state index in [0.717, 1.165) is 12.8 Å². The quantitative estimate of drug-likeness (QED) is 0.781. The van der Waals surface area contributed by atoms with Gasteiger partial charge in [-0.3, -0.25) is 4.90 Å². The molecule has 0 atom stereocenters. The van der Waals surface area contributed by atoms with Gasteiger partial charge in [0.2, 0.25) is 0 Å². The van der Waals surface area contributed by atoms with Crippen molar-refractivity contribution in [3.05, 3.63) is 23.2 Å². The van der Waals surface area contributed by atoms with E-state index in [9.17, 15) is 4.79 Å². The van der Waals surface area contributed by atoms with Crippen molar-refractivity contribution in [3.8, 4) is 0 Å². The molecule has 1 aliphatic rings. The number of furan rings is 1. The molecule has 2 N–H and O–H groups in total. The maximum atomic E-state index is 10.9. The number of hydrogen-bond acceptors (Lipinski definition) is 4. The number of carbonyl (C=O) groups is 1. The average molecular weight is 239 g/mol. The summed E-state index contributed by atoms with van der Waals surface area (Å²) in [6.07, 6.45) is 2.29. The minimum Gasteiger partial charge on any atom is -0.478 e. The van der Waals surface area contributed by atoms with Crippen LogP contribution in [0, 0.1) is 6.92 Å². The number of nitrogens with zero attached hydrogens (tertiary/aromatic N) is 1. The van der Waals surface area contributed by atoms with Crippen LogP contribution < -0.4 is 0 Å². The number of aliphatic hydroxyl groups excluding tert-OH is 1. The Balaban J connectivity index is 2.06. The second kappa shape index (κ2) is 4.89. The van der Waals surface area contributed by atoms with Crippen LogP contribution >= 0.6 is 0 Å². The molecule has 0 unspecified atom stereocenters. The van der Waals surface area contributed by atoms with Gasteiger partial charge in [0, 0.05) is 12.6 Å². The molecule has 5 nitrogen and oxygen atoms in total. The van der Waals surface area contributed by atoms with E-state index in [0.29, 0.717) is 30.7 Å². The summed E-state index contributed by atoms with van der Waals surface area (Å²) >= 11 is 0. The van der Waals surface area contributed by atoms with E-state index in [-0.39, 0.29) is 12.2 Å². The number of aliphatic hydroxyl groups is 1. The molecule has 94 valence electrons. The SMILES string of the molecule is Cc1oc(CN(CCO)C2CC2)cc1C(=O)O. The topological polar surface area (TPSA) is 73.9 Å². The first-order valence-electron chi connectivity index (χ1n) is 5.79. The maximum absolute atomic E-state index is 10.9. The monoisotopic (exact) mass is 239 g/mol. The van der Waals surface area contributed by atoms with Gasteiger partial charge in [-0.05, 0) is 25.8 Å². The van der Waals surface area contributed by atoms with Crippen molar-refractivity contribution >= 4 is 5.97 Å². The van der Waals surface area contributed by atoms with Gasteiger partial charge in [0.15, 0.2) is 0 Å². The van der Waals surface area contributed by atoms with E-state index in [4.69, 9.17) is 14.6 Å². The van der Waals surface area contributed by atoms with Crippen molar-refractivity contribution in [3.63, 3.8) is 0 Å². The summed E-state index contributed by atoms with van der Waals surface area (Å²) < 4.78 is 5.43. The first-order valence-corrected chi connectivity index (χ1v) is 5.79. The largest absolute Gasteiger partial charge is 0.478 e. The fraction of sp³-hybridized carbons (Fsp3) is 0.583. The van der Waals surface area contributed by atoms with E-state index < -0.39 is 5.97 Å². The van der Waals surface area contributed by atoms with Gasteiger partial charge in [0.05, 0.1) is 13.2 Å². The number of hydrogen-bond donors (Lipinski definition) is 2. The van der Waals surface area contributed by atoms with Crippen LogP contribution in [0.2, 0.25) is 0 Å². The van der Waals surface area contributed by atoms with Crippen molar-refractivity contribution in [1.82, 2.24) is 4.90 Å². The first kappa shape index (κ1) is 12.1. The third kappa shape index (κ3) is 2.87. The molecule has 1 heterocycles. The van der Waals surface area contributed by atoms with Crippen molar-refractivity contribution in [2.24, 2.45) is 0 Å². The molecule has 0 aliphatic heterocycles. The van der Waals surface area contributed by atoms with Gasteiger partial charge >= 0.3 is 5.97 Å². The number of carboxylic acids is 1. The Morgan fingerprint density at radius 3 is 2.76 bits per heavy atom. The highest BCUT2D eigenvalue weighted by atomic mass is 16.4. The molecule has 0 radical (unpaired) electrons. The minimum absolute atomic E-state index is 0.113. The zero-order chi connectivity index (χ0) is 12.4. The first-order chi connectivity index (χ1) is 8.11. The molecule has 1 aromatic rings. The fourth-order valence-corrected chi connectivity index (χ4v) is 1.99. The molecule has 2 rings (SSSR count). The summed E-state index contributed by atoms with van der Waals surface area (Å²) in [7, 11) is 0. The lowest BCUT2D eigenvalue weighted by molar-refractivity contribution is 0.0695. The van der Waals surface area contributed by atoms with Crippen molar-refractivity contribution in [2.45, 2.75) is 32.4 Å². The molecule has 1 saturated carbocycles. The molecular formula is C12H17NO4. The van der Waals surface area contributed by atoms with Crippen LogP contribution in [0.15, 0.2) is 10.5 Å². The Morgan fingerprint density at radius 2 is 2.29 bits per heavy atom. The van der Waals surface area contributed by atoms with Gasteiger partial charge in [0.25, 0.3) is 0 Å². The van der Waals surface area contributed by atoms with E-state index >= 15 is 0 Å². The molecule has 0 spiro atoms. The van der Waals surface area contributed by atoms with Crippen LogP contribution in [0.3, 0.4) is 0 Å². The summed E-state index contributed by atoms with van der Waals surface area (Å²) in [5.74, 6) is 0.130. The Hall–Kier alpha value is -1.33. The summed E-state index contributed by atoms with van der Waals surface area (Å²) in [5.41, 5.74) is 0.222. The van der Waals surface area contributed by atoms with Crippen molar-refractivity contribution in [1.29, 1.82) is 0 Å². The van der Waals surface area contributed by atoms with Crippen LogP contribution in [0.5, 0.6) is 0 Å². The molecule has 0 bridgehead atoms. The number of rotatable bonds is 6. The van der Waals surface area contributed by atoms with Crippen molar-refractivity contribution in [2.75, 3.05) is 13.2 Å². The van der Waals surface area contributed by atoms with Crippen LogP contribution in [-0.2, 0) is 6.54 Å². The highest BCUT2D eigenvalue weighted by Crippen LogP contribution is 2.28. The highest BCUT2D eigenvalue weighted by Gasteiger charge is 2.29. The van der Waals surface area contributed by atoms with Gasteiger partial charge in [-0.2, -0.15) is 0 Å². The smallest absolute Gasteiger partial charge is 0.339 e. The Bertz CT molecular complexity index is 409. The highest BCUT2D eigenvalue weighted by molar-refractivity contribution is 5.88. The molecule has 17 heavy (non-hydrogen) atoms. The average Bonchev–Trinajstić information content (AvgIpc) is 3.03. The molecule has 0 amide bonds. The van der Waals surface area contributed by atoms with Crippen LogP contribution in [0.25, 0.3) is 0 Å². The molecule has 1 fully saturated rings. The second-order valence-electron chi connectivity index (χ2n) is 4.41. The third-order valence-corrected chi connectivity index (χ3v) is 3.01. The third-order valence-electron chi connectivity index (χ3n) is 3.01. The Morgan fingerprint density at radius 1 is 1.59 bits per heavy atom. The second-order valence-corrected chi connectivity index (χ2v) is 4.41. The minimum atomic E-state index is -0.961. The van der Waals surface area contributed by atoms with E-state index in [1.165, 1.54) is 0 Å². The normalized spacial score (nSPS) is 15.5. The summed E-state index contributed by atoms with van der Waals surface area (Å²) in [5, 5.41) is 17.9.